The first-order valence-corrected chi connectivity index (χ1v) is 8.17. The number of hydrogen-bond acceptors (Lipinski definition) is 6. The van der Waals surface area contributed by atoms with Crippen molar-refractivity contribution in [3.05, 3.63) is 41.9 Å². The summed E-state index contributed by atoms with van der Waals surface area (Å²) in [6.45, 7) is 3.24. The molecule has 0 unspecified atom stereocenters. The molecule has 0 fully saturated rings. The normalized spacial score (nSPS) is 14.1. The number of likely N-dealkylation sites (N-methyl/N-ethyl adjacent to an activating group) is 2. The minimum atomic E-state index is 0.561. The van der Waals surface area contributed by atoms with Gasteiger partial charge in [0.25, 0.3) is 0 Å². The molecule has 0 spiro atoms. The maximum absolute atomic E-state index is 5.86. The second kappa shape index (κ2) is 7.49. The lowest BCUT2D eigenvalue weighted by atomic mass is 10.1. The Hall–Kier alpha value is -2.34. The molecule has 1 aliphatic heterocycles. The predicted molar refractivity (Wildman–Crippen MR) is 93.8 cm³/mol. The van der Waals surface area contributed by atoms with Gasteiger partial charge in [0.2, 0.25) is 0 Å². The quantitative estimate of drug-likeness (QED) is 0.808. The number of para-hydroxylation sites is 2. The van der Waals surface area contributed by atoms with Crippen molar-refractivity contribution < 1.29 is 9.47 Å². The summed E-state index contributed by atoms with van der Waals surface area (Å²) in [5, 5.41) is 0. The van der Waals surface area contributed by atoms with Gasteiger partial charge in [-0.05, 0) is 19.2 Å². The molecule has 24 heavy (non-hydrogen) atoms. The lowest BCUT2D eigenvalue weighted by molar-refractivity contribution is 0.298. The lowest BCUT2D eigenvalue weighted by Gasteiger charge is -2.28. The number of aromatic nitrogens is 2. The number of ether oxygens (including phenoxy) is 2. The van der Waals surface area contributed by atoms with Crippen LogP contribution in [0.5, 0.6) is 11.5 Å². The van der Waals surface area contributed by atoms with Crippen LogP contribution in [0.2, 0.25) is 0 Å². The van der Waals surface area contributed by atoms with Gasteiger partial charge in [0.05, 0.1) is 19.3 Å². The van der Waals surface area contributed by atoms with E-state index < -0.39 is 0 Å². The minimum absolute atomic E-state index is 0.561. The van der Waals surface area contributed by atoms with E-state index in [1.165, 1.54) is 5.56 Å². The summed E-state index contributed by atoms with van der Waals surface area (Å²) in [7, 11) is 5.82. The van der Waals surface area contributed by atoms with Crippen molar-refractivity contribution in [1.82, 2.24) is 14.9 Å². The first kappa shape index (κ1) is 16.5. The van der Waals surface area contributed by atoms with E-state index in [0.29, 0.717) is 6.61 Å². The molecule has 0 saturated heterocycles. The molecule has 0 aliphatic carbocycles. The average Bonchev–Trinajstić information content (AvgIpc) is 2.61. The van der Waals surface area contributed by atoms with Gasteiger partial charge in [0.15, 0.2) is 11.5 Å². The van der Waals surface area contributed by atoms with E-state index in [9.17, 15) is 0 Å². The second-order valence-corrected chi connectivity index (χ2v) is 6.03. The Morgan fingerprint density at radius 1 is 1.21 bits per heavy atom. The van der Waals surface area contributed by atoms with Crippen LogP contribution in [0, 0.1) is 0 Å². The fourth-order valence-electron chi connectivity index (χ4n) is 2.93. The van der Waals surface area contributed by atoms with Crippen LogP contribution in [0.25, 0.3) is 0 Å². The van der Waals surface area contributed by atoms with Crippen LogP contribution in [0.15, 0.2) is 30.6 Å². The van der Waals surface area contributed by atoms with Crippen molar-refractivity contribution in [3.8, 4) is 11.5 Å². The van der Waals surface area contributed by atoms with Crippen molar-refractivity contribution in [2.24, 2.45) is 0 Å². The van der Waals surface area contributed by atoms with Gasteiger partial charge in [-0.2, -0.15) is 0 Å². The predicted octanol–water partition coefficient (Wildman–Crippen LogP) is 1.99. The zero-order valence-corrected chi connectivity index (χ0v) is 14.5. The van der Waals surface area contributed by atoms with Gasteiger partial charge in [0, 0.05) is 32.1 Å². The van der Waals surface area contributed by atoms with Crippen LogP contribution in [-0.2, 0) is 13.0 Å². The Balaban J connectivity index is 1.65. The van der Waals surface area contributed by atoms with E-state index in [1.54, 1.807) is 13.4 Å². The minimum Gasteiger partial charge on any atom is -0.493 e. The number of hydrogen-bond donors (Lipinski definition) is 0. The molecule has 0 radical (unpaired) electrons. The van der Waals surface area contributed by atoms with E-state index >= 15 is 0 Å². The highest BCUT2D eigenvalue weighted by Crippen LogP contribution is 2.26. The molecule has 0 N–H and O–H groups in total. The Morgan fingerprint density at radius 2 is 2.00 bits per heavy atom. The van der Waals surface area contributed by atoms with Crippen LogP contribution in [0.1, 0.15) is 11.3 Å². The van der Waals surface area contributed by atoms with Gasteiger partial charge < -0.3 is 19.3 Å². The van der Waals surface area contributed by atoms with E-state index in [-0.39, 0.29) is 0 Å². The molecule has 3 rings (SSSR count). The van der Waals surface area contributed by atoms with Gasteiger partial charge in [-0.1, -0.05) is 12.1 Å². The number of fused-ring (bicyclic) bond motifs is 1. The highest BCUT2D eigenvalue weighted by atomic mass is 16.5. The van der Waals surface area contributed by atoms with Crippen molar-refractivity contribution in [3.63, 3.8) is 0 Å². The summed E-state index contributed by atoms with van der Waals surface area (Å²) in [5.41, 5.74) is 2.39. The SMILES string of the molecule is COc1ccccc1OCCN(C)c1ncnc2c1CN(C)CC2. The number of nitrogens with zero attached hydrogens (tertiary/aromatic N) is 4. The van der Waals surface area contributed by atoms with E-state index in [2.05, 4.69) is 26.8 Å². The highest BCUT2D eigenvalue weighted by molar-refractivity contribution is 5.49. The molecular weight excluding hydrogens is 304 g/mol. The molecule has 1 aliphatic rings. The Morgan fingerprint density at radius 3 is 2.79 bits per heavy atom. The first-order valence-electron chi connectivity index (χ1n) is 8.17. The van der Waals surface area contributed by atoms with Crippen molar-refractivity contribution in [2.45, 2.75) is 13.0 Å². The lowest BCUT2D eigenvalue weighted by Crippen LogP contribution is -2.32. The zero-order valence-electron chi connectivity index (χ0n) is 14.5. The molecule has 0 amide bonds. The van der Waals surface area contributed by atoms with E-state index in [4.69, 9.17) is 9.47 Å². The standard InChI is InChI=1S/C18H24N4O2/c1-21-9-8-15-14(12-21)18(20-13-19-15)22(2)10-11-24-17-7-5-4-6-16(17)23-3/h4-7,13H,8-12H2,1-3H3. The van der Waals surface area contributed by atoms with Gasteiger partial charge in [-0.3, -0.25) is 0 Å². The Kier molecular flexibility index (Phi) is 5.15. The van der Waals surface area contributed by atoms with Crippen molar-refractivity contribution in [2.75, 3.05) is 45.8 Å². The Bertz CT molecular complexity index is 692. The fourth-order valence-corrected chi connectivity index (χ4v) is 2.93. The van der Waals surface area contributed by atoms with Gasteiger partial charge >= 0.3 is 0 Å². The topological polar surface area (TPSA) is 50.7 Å². The summed E-state index contributed by atoms with van der Waals surface area (Å²) in [5.74, 6) is 2.51. The van der Waals surface area contributed by atoms with E-state index in [1.807, 2.05) is 31.3 Å². The molecule has 6 heteroatoms. The van der Waals surface area contributed by atoms with Crippen LogP contribution >= 0.6 is 0 Å². The molecule has 1 aromatic carbocycles. The number of anilines is 1. The summed E-state index contributed by atoms with van der Waals surface area (Å²) in [4.78, 5) is 13.4. The maximum Gasteiger partial charge on any atom is 0.161 e. The third-order valence-electron chi connectivity index (χ3n) is 4.29. The third kappa shape index (κ3) is 3.59. The van der Waals surface area contributed by atoms with Crippen molar-refractivity contribution in [1.29, 1.82) is 0 Å². The average molecular weight is 328 g/mol. The van der Waals surface area contributed by atoms with Crippen LogP contribution in [0.3, 0.4) is 0 Å². The highest BCUT2D eigenvalue weighted by Gasteiger charge is 2.20. The number of rotatable bonds is 6. The fraction of sp³-hybridized carbons (Fsp3) is 0.444. The molecule has 0 bridgehead atoms. The third-order valence-corrected chi connectivity index (χ3v) is 4.29. The Labute approximate surface area is 143 Å². The summed E-state index contributed by atoms with van der Waals surface area (Å²) in [6.07, 6.45) is 2.64. The second-order valence-electron chi connectivity index (χ2n) is 6.03. The summed E-state index contributed by atoms with van der Waals surface area (Å²) >= 11 is 0. The maximum atomic E-state index is 5.86. The van der Waals surface area contributed by atoms with Crippen LogP contribution < -0.4 is 14.4 Å². The van der Waals surface area contributed by atoms with Crippen molar-refractivity contribution >= 4 is 5.82 Å². The summed E-state index contributed by atoms with van der Waals surface area (Å²) in [6, 6.07) is 7.69. The number of benzene rings is 1. The van der Waals surface area contributed by atoms with E-state index in [0.717, 1.165) is 49.1 Å². The molecule has 1 aromatic heterocycles. The molecule has 0 saturated carbocycles. The monoisotopic (exact) mass is 328 g/mol. The molecule has 2 heterocycles. The number of methoxy groups -OCH3 is 1. The van der Waals surface area contributed by atoms with Crippen LogP contribution in [-0.4, -0.2) is 55.8 Å². The van der Waals surface area contributed by atoms with Crippen LogP contribution in [0.4, 0.5) is 5.82 Å². The molecule has 128 valence electrons. The van der Waals surface area contributed by atoms with Gasteiger partial charge in [0.1, 0.15) is 18.8 Å². The summed E-state index contributed by atoms with van der Waals surface area (Å²) < 4.78 is 11.2. The smallest absolute Gasteiger partial charge is 0.161 e. The molecule has 2 aromatic rings. The molecule has 6 nitrogen and oxygen atoms in total. The largest absolute Gasteiger partial charge is 0.493 e. The zero-order chi connectivity index (χ0) is 16.9. The van der Waals surface area contributed by atoms with Gasteiger partial charge in [-0.15, -0.1) is 0 Å². The first-order chi connectivity index (χ1) is 11.7. The van der Waals surface area contributed by atoms with Gasteiger partial charge in [-0.25, -0.2) is 9.97 Å². The molecule has 0 atom stereocenters. The molecular formula is C18H24N4O2.